The van der Waals surface area contributed by atoms with Crippen LogP contribution >= 0.6 is 0 Å². The van der Waals surface area contributed by atoms with Gasteiger partial charge in [0.15, 0.2) is 5.78 Å². The second-order valence-corrected chi connectivity index (χ2v) is 6.80. The molecule has 0 saturated carbocycles. The van der Waals surface area contributed by atoms with Gasteiger partial charge in [0.25, 0.3) is 0 Å². The number of hydrogen-bond donors (Lipinski definition) is 0. The van der Waals surface area contributed by atoms with Crippen LogP contribution < -0.4 is 4.90 Å². The van der Waals surface area contributed by atoms with Crippen LogP contribution in [-0.2, 0) is 9.59 Å². The van der Waals surface area contributed by atoms with E-state index in [1.165, 1.54) is 6.07 Å². The molecule has 0 fully saturated rings. The average Bonchev–Trinajstić information content (AvgIpc) is 2.68. The number of nitrogens with zero attached hydrogens (tertiary/aromatic N) is 2. The third-order valence-electron chi connectivity index (χ3n) is 5.21. The van der Waals surface area contributed by atoms with E-state index < -0.39 is 11.7 Å². The summed E-state index contributed by atoms with van der Waals surface area (Å²) in [6.07, 6.45) is 1.73. The first-order valence-electron chi connectivity index (χ1n) is 8.94. The number of carbonyl (C=O) groups excluding carboxylic acids is 2. The molecule has 0 bridgehead atoms. The number of hydrogen-bond acceptors (Lipinski definition) is 3. The summed E-state index contributed by atoms with van der Waals surface area (Å²) in [5.41, 5.74) is 2.75. The van der Waals surface area contributed by atoms with E-state index in [-0.39, 0.29) is 18.1 Å². The maximum Gasteiger partial charge on any atom is 0.232 e. The summed E-state index contributed by atoms with van der Waals surface area (Å²) in [5.74, 6) is -1.12. The van der Waals surface area contributed by atoms with E-state index in [0.29, 0.717) is 47.3 Å². The topological polar surface area (TPSA) is 61.2 Å². The Morgan fingerprint density at radius 2 is 1.78 bits per heavy atom. The van der Waals surface area contributed by atoms with Crippen LogP contribution in [0.2, 0.25) is 0 Å². The number of carbonyl (C=O) groups is 2. The first kappa shape index (κ1) is 17.2. The molecule has 5 heteroatoms. The quantitative estimate of drug-likeness (QED) is 0.805. The van der Waals surface area contributed by atoms with Crippen LogP contribution in [-0.4, -0.2) is 11.7 Å². The molecule has 2 aromatic rings. The molecule has 2 aromatic carbocycles. The average molecular weight is 360 g/mol. The highest BCUT2D eigenvalue weighted by Crippen LogP contribution is 2.43. The Bertz CT molecular complexity index is 1000. The lowest BCUT2D eigenvalue weighted by molar-refractivity contribution is -0.119. The van der Waals surface area contributed by atoms with Crippen LogP contribution in [0.5, 0.6) is 0 Å². The molecule has 27 heavy (non-hydrogen) atoms. The summed E-state index contributed by atoms with van der Waals surface area (Å²) in [7, 11) is 0. The number of benzene rings is 2. The van der Waals surface area contributed by atoms with E-state index in [4.69, 9.17) is 5.26 Å². The molecule has 1 heterocycles. The third kappa shape index (κ3) is 2.93. The van der Waals surface area contributed by atoms with Gasteiger partial charge in [-0.2, -0.15) is 5.26 Å². The number of amides is 1. The summed E-state index contributed by atoms with van der Waals surface area (Å²) in [5, 5.41) is 8.98. The molecule has 4 rings (SSSR count). The zero-order valence-corrected chi connectivity index (χ0v) is 14.6. The van der Waals surface area contributed by atoms with Gasteiger partial charge in [0, 0.05) is 35.7 Å². The fourth-order valence-electron chi connectivity index (χ4n) is 4.00. The summed E-state index contributed by atoms with van der Waals surface area (Å²) in [6, 6.07) is 15.1. The van der Waals surface area contributed by atoms with Crippen molar-refractivity contribution in [1.82, 2.24) is 0 Å². The third-order valence-corrected chi connectivity index (χ3v) is 5.21. The van der Waals surface area contributed by atoms with Crippen LogP contribution in [0.25, 0.3) is 0 Å². The van der Waals surface area contributed by atoms with Gasteiger partial charge in [-0.1, -0.05) is 18.2 Å². The number of rotatable bonds is 2. The van der Waals surface area contributed by atoms with E-state index in [1.807, 2.05) is 0 Å². The summed E-state index contributed by atoms with van der Waals surface area (Å²) < 4.78 is 14.4. The molecule has 0 N–H and O–H groups in total. The van der Waals surface area contributed by atoms with Crippen LogP contribution in [0.1, 0.15) is 42.7 Å². The zero-order valence-electron chi connectivity index (χ0n) is 14.6. The number of anilines is 1. The second kappa shape index (κ2) is 6.81. The van der Waals surface area contributed by atoms with Gasteiger partial charge in [0.05, 0.1) is 11.6 Å². The zero-order chi connectivity index (χ0) is 19.0. The Morgan fingerprint density at radius 1 is 1.04 bits per heavy atom. The Balaban J connectivity index is 1.86. The van der Waals surface area contributed by atoms with Crippen molar-refractivity contribution in [2.24, 2.45) is 0 Å². The predicted molar refractivity (Wildman–Crippen MR) is 98.3 cm³/mol. The van der Waals surface area contributed by atoms with Crippen molar-refractivity contribution in [3.8, 4) is 6.07 Å². The second-order valence-electron chi connectivity index (χ2n) is 6.80. The van der Waals surface area contributed by atoms with Crippen LogP contribution in [0.4, 0.5) is 10.1 Å². The van der Waals surface area contributed by atoms with Crippen molar-refractivity contribution in [2.45, 2.75) is 31.6 Å². The molecule has 134 valence electrons. The van der Waals surface area contributed by atoms with Gasteiger partial charge in [-0.15, -0.1) is 0 Å². The molecule has 1 aliphatic carbocycles. The van der Waals surface area contributed by atoms with Gasteiger partial charge in [-0.05, 0) is 48.7 Å². The standard InChI is InChI=1S/C22H17FN2O2/c23-18-5-2-1-4-16(18)17-12-21(27)25(15-10-8-14(13-24)9-11-15)19-6-3-7-20(26)22(17)19/h1-2,4-5,8-11,17H,3,6-7,12H2. The van der Waals surface area contributed by atoms with Gasteiger partial charge in [0.2, 0.25) is 5.91 Å². The summed E-state index contributed by atoms with van der Waals surface area (Å²) in [4.78, 5) is 27.3. The molecule has 0 saturated heterocycles. The van der Waals surface area contributed by atoms with E-state index >= 15 is 0 Å². The van der Waals surface area contributed by atoms with E-state index in [2.05, 4.69) is 6.07 Å². The summed E-state index contributed by atoms with van der Waals surface area (Å²) in [6.45, 7) is 0. The highest BCUT2D eigenvalue weighted by molar-refractivity contribution is 6.07. The highest BCUT2D eigenvalue weighted by Gasteiger charge is 2.40. The molecular formula is C22H17FN2O2. The summed E-state index contributed by atoms with van der Waals surface area (Å²) >= 11 is 0. The molecule has 0 aromatic heterocycles. The number of halogens is 1. The minimum atomic E-state index is -0.545. The van der Waals surface area contributed by atoms with E-state index in [1.54, 1.807) is 47.4 Å². The minimum absolute atomic E-state index is 0.0179. The Kier molecular flexibility index (Phi) is 4.33. The van der Waals surface area contributed by atoms with Crippen molar-refractivity contribution in [3.05, 3.63) is 76.7 Å². The van der Waals surface area contributed by atoms with E-state index in [0.717, 1.165) is 0 Å². The van der Waals surface area contributed by atoms with Crippen molar-refractivity contribution < 1.29 is 14.0 Å². The van der Waals surface area contributed by atoms with Gasteiger partial charge in [-0.25, -0.2) is 4.39 Å². The molecule has 1 atom stereocenters. The number of allylic oxidation sites excluding steroid dienone is 2. The Morgan fingerprint density at radius 3 is 2.48 bits per heavy atom. The predicted octanol–water partition coefficient (Wildman–Crippen LogP) is 4.22. The minimum Gasteiger partial charge on any atom is -0.294 e. The van der Waals surface area contributed by atoms with Gasteiger partial charge < -0.3 is 0 Å². The van der Waals surface area contributed by atoms with Crippen LogP contribution in [0.15, 0.2) is 59.8 Å². The monoisotopic (exact) mass is 360 g/mol. The number of Topliss-reactive ketones (excluding diaryl/α,β-unsaturated/α-hetero) is 1. The Labute approximate surface area is 156 Å². The van der Waals surface area contributed by atoms with Crippen molar-refractivity contribution in [1.29, 1.82) is 5.26 Å². The van der Waals surface area contributed by atoms with Crippen molar-refractivity contribution in [2.75, 3.05) is 4.90 Å². The lowest BCUT2D eigenvalue weighted by atomic mass is 9.77. The van der Waals surface area contributed by atoms with Crippen molar-refractivity contribution in [3.63, 3.8) is 0 Å². The fourth-order valence-corrected chi connectivity index (χ4v) is 4.00. The highest BCUT2D eigenvalue weighted by atomic mass is 19.1. The molecule has 1 amide bonds. The molecule has 2 aliphatic rings. The van der Waals surface area contributed by atoms with Crippen LogP contribution in [0.3, 0.4) is 0 Å². The molecule has 4 nitrogen and oxygen atoms in total. The number of ketones is 1. The fraction of sp³-hybridized carbons (Fsp3) is 0.227. The first-order chi connectivity index (χ1) is 13.1. The van der Waals surface area contributed by atoms with Crippen LogP contribution in [0, 0.1) is 17.1 Å². The first-order valence-corrected chi connectivity index (χ1v) is 8.94. The molecular weight excluding hydrogens is 343 g/mol. The van der Waals surface area contributed by atoms with Gasteiger partial charge in [-0.3, -0.25) is 14.5 Å². The maximum atomic E-state index is 14.4. The number of nitriles is 1. The molecule has 0 spiro atoms. The molecule has 1 aliphatic heterocycles. The lowest BCUT2D eigenvalue weighted by Gasteiger charge is -2.38. The lowest BCUT2D eigenvalue weighted by Crippen LogP contribution is -2.40. The normalized spacial score (nSPS) is 19.7. The maximum absolute atomic E-state index is 14.4. The van der Waals surface area contributed by atoms with Gasteiger partial charge >= 0.3 is 0 Å². The van der Waals surface area contributed by atoms with Gasteiger partial charge in [0.1, 0.15) is 5.82 Å². The largest absolute Gasteiger partial charge is 0.294 e. The van der Waals surface area contributed by atoms with Crippen molar-refractivity contribution >= 4 is 17.4 Å². The molecule has 1 unspecified atom stereocenters. The smallest absolute Gasteiger partial charge is 0.232 e. The van der Waals surface area contributed by atoms with E-state index in [9.17, 15) is 14.0 Å². The molecule has 0 radical (unpaired) electrons. The Hall–Kier alpha value is -3.26. The SMILES string of the molecule is N#Cc1ccc(N2C(=O)CC(c3ccccc3F)C3=C2CCCC3=O)cc1.